The molecule has 4 nitrogen and oxygen atoms in total. The first-order valence-corrected chi connectivity index (χ1v) is 5.71. The molecule has 15 heavy (non-hydrogen) atoms. The van der Waals surface area contributed by atoms with Gasteiger partial charge < -0.3 is 15.4 Å². The molecule has 0 aliphatic carbocycles. The van der Waals surface area contributed by atoms with Gasteiger partial charge in [-0.1, -0.05) is 6.92 Å². The fraction of sp³-hybridized carbons (Fsp3) is 0.909. The molecule has 1 aliphatic heterocycles. The van der Waals surface area contributed by atoms with Gasteiger partial charge in [-0.2, -0.15) is 0 Å². The van der Waals surface area contributed by atoms with E-state index in [-0.39, 0.29) is 12.0 Å². The van der Waals surface area contributed by atoms with Crippen molar-refractivity contribution in [3.63, 3.8) is 0 Å². The molecule has 0 saturated carbocycles. The molecule has 0 aromatic rings. The Morgan fingerprint density at radius 2 is 2.33 bits per heavy atom. The minimum atomic E-state index is -0.214. The maximum atomic E-state index is 11.9. The lowest BCUT2D eigenvalue weighted by molar-refractivity contribution is -0.145. The van der Waals surface area contributed by atoms with E-state index in [0.717, 1.165) is 32.4 Å². The molecule has 1 amide bonds. The minimum absolute atomic E-state index is 0.106. The molecule has 4 heteroatoms. The number of rotatable bonds is 4. The van der Waals surface area contributed by atoms with Crippen LogP contribution in [0.1, 0.15) is 26.2 Å². The number of carbonyl (C=O) groups excluding carboxylic acids is 1. The highest BCUT2D eigenvalue weighted by Crippen LogP contribution is 2.14. The lowest BCUT2D eigenvalue weighted by Gasteiger charge is -2.28. The van der Waals surface area contributed by atoms with E-state index in [4.69, 9.17) is 10.5 Å². The van der Waals surface area contributed by atoms with Gasteiger partial charge in [0.1, 0.15) is 6.10 Å². The monoisotopic (exact) mass is 214 g/mol. The number of nitrogens with zero attached hydrogens (tertiary/aromatic N) is 1. The SMILES string of the molecule is CC(CN)CN(C)C(=O)C1CCCCO1. The van der Waals surface area contributed by atoms with Crippen LogP contribution in [0.3, 0.4) is 0 Å². The fourth-order valence-electron chi connectivity index (χ4n) is 1.81. The molecule has 2 atom stereocenters. The topological polar surface area (TPSA) is 55.6 Å². The van der Waals surface area contributed by atoms with Crippen LogP contribution in [0.4, 0.5) is 0 Å². The molecule has 2 N–H and O–H groups in total. The molecule has 1 heterocycles. The summed E-state index contributed by atoms with van der Waals surface area (Å²) in [5, 5.41) is 0. The number of hydrogen-bond acceptors (Lipinski definition) is 3. The Morgan fingerprint density at radius 1 is 1.60 bits per heavy atom. The predicted molar refractivity (Wildman–Crippen MR) is 59.4 cm³/mol. The van der Waals surface area contributed by atoms with Crippen molar-refractivity contribution in [2.24, 2.45) is 11.7 Å². The Bertz CT molecular complexity index is 203. The smallest absolute Gasteiger partial charge is 0.251 e. The van der Waals surface area contributed by atoms with Crippen LogP contribution in [0.5, 0.6) is 0 Å². The maximum absolute atomic E-state index is 11.9. The molecule has 1 fully saturated rings. The Hall–Kier alpha value is -0.610. The first-order chi connectivity index (χ1) is 7.15. The summed E-state index contributed by atoms with van der Waals surface area (Å²) in [6, 6.07) is 0. The number of hydrogen-bond donors (Lipinski definition) is 1. The third kappa shape index (κ3) is 3.80. The van der Waals surface area contributed by atoms with Gasteiger partial charge in [-0.25, -0.2) is 0 Å². The zero-order valence-corrected chi connectivity index (χ0v) is 9.74. The van der Waals surface area contributed by atoms with Gasteiger partial charge in [0.2, 0.25) is 0 Å². The summed E-state index contributed by atoms with van der Waals surface area (Å²) in [4.78, 5) is 13.7. The highest BCUT2D eigenvalue weighted by atomic mass is 16.5. The second kappa shape index (κ2) is 6.08. The van der Waals surface area contributed by atoms with Crippen molar-refractivity contribution in [1.82, 2.24) is 4.90 Å². The van der Waals surface area contributed by atoms with Crippen LogP contribution in [0, 0.1) is 5.92 Å². The molecule has 0 spiro atoms. The highest BCUT2D eigenvalue weighted by molar-refractivity contribution is 5.80. The van der Waals surface area contributed by atoms with Crippen LogP contribution in [-0.4, -0.2) is 43.7 Å². The van der Waals surface area contributed by atoms with Crippen LogP contribution in [-0.2, 0) is 9.53 Å². The fourth-order valence-corrected chi connectivity index (χ4v) is 1.81. The van der Waals surface area contributed by atoms with Crippen molar-refractivity contribution in [3.05, 3.63) is 0 Å². The first-order valence-electron chi connectivity index (χ1n) is 5.71. The van der Waals surface area contributed by atoms with Gasteiger partial charge in [-0.05, 0) is 31.7 Å². The largest absolute Gasteiger partial charge is 0.368 e. The van der Waals surface area contributed by atoms with E-state index in [1.807, 2.05) is 14.0 Å². The van der Waals surface area contributed by atoms with E-state index in [1.165, 1.54) is 0 Å². The summed E-state index contributed by atoms with van der Waals surface area (Å²) in [5.41, 5.74) is 5.53. The molecule has 1 saturated heterocycles. The summed E-state index contributed by atoms with van der Waals surface area (Å²) in [7, 11) is 1.83. The Balaban J connectivity index is 2.37. The van der Waals surface area contributed by atoms with E-state index in [0.29, 0.717) is 12.5 Å². The van der Waals surface area contributed by atoms with Gasteiger partial charge in [-0.3, -0.25) is 4.79 Å². The summed E-state index contributed by atoms with van der Waals surface area (Å²) in [6.07, 6.45) is 2.82. The van der Waals surface area contributed by atoms with Crippen LogP contribution in [0.25, 0.3) is 0 Å². The summed E-state index contributed by atoms with van der Waals surface area (Å²) >= 11 is 0. The van der Waals surface area contributed by atoms with Gasteiger partial charge in [0.25, 0.3) is 5.91 Å². The molecule has 88 valence electrons. The zero-order valence-electron chi connectivity index (χ0n) is 9.74. The van der Waals surface area contributed by atoms with E-state index in [1.54, 1.807) is 4.90 Å². The van der Waals surface area contributed by atoms with Gasteiger partial charge >= 0.3 is 0 Å². The third-order valence-corrected chi connectivity index (χ3v) is 2.82. The Morgan fingerprint density at radius 3 is 2.87 bits per heavy atom. The maximum Gasteiger partial charge on any atom is 0.251 e. The number of likely N-dealkylation sites (N-methyl/N-ethyl adjacent to an activating group) is 1. The van der Waals surface area contributed by atoms with E-state index >= 15 is 0 Å². The molecular weight excluding hydrogens is 192 g/mol. The van der Waals surface area contributed by atoms with Crippen molar-refractivity contribution in [1.29, 1.82) is 0 Å². The molecule has 0 aromatic heterocycles. The second-order valence-electron chi connectivity index (χ2n) is 4.41. The van der Waals surface area contributed by atoms with Crippen LogP contribution < -0.4 is 5.73 Å². The van der Waals surface area contributed by atoms with Gasteiger partial charge in [0, 0.05) is 20.2 Å². The van der Waals surface area contributed by atoms with E-state index in [2.05, 4.69) is 0 Å². The van der Waals surface area contributed by atoms with Gasteiger partial charge in [0.15, 0.2) is 0 Å². The summed E-state index contributed by atoms with van der Waals surface area (Å²) in [6.45, 7) is 4.10. The van der Waals surface area contributed by atoms with E-state index < -0.39 is 0 Å². The average Bonchev–Trinajstić information content (AvgIpc) is 2.29. The molecular formula is C11H22N2O2. The zero-order chi connectivity index (χ0) is 11.3. The molecule has 1 aliphatic rings. The lowest BCUT2D eigenvalue weighted by atomic mass is 10.1. The highest BCUT2D eigenvalue weighted by Gasteiger charge is 2.25. The van der Waals surface area contributed by atoms with Crippen LogP contribution >= 0.6 is 0 Å². The Labute approximate surface area is 91.8 Å². The Kier molecular flexibility index (Phi) is 5.05. The van der Waals surface area contributed by atoms with Crippen molar-refractivity contribution in [3.8, 4) is 0 Å². The van der Waals surface area contributed by atoms with Gasteiger partial charge in [0.05, 0.1) is 0 Å². The van der Waals surface area contributed by atoms with Crippen LogP contribution in [0.15, 0.2) is 0 Å². The second-order valence-corrected chi connectivity index (χ2v) is 4.41. The standard InChI is InChI=1S/C11H22N2O2/c1-9(7-12)8-13(2)11(14)10-5-3-4-6-15-10/h9-10H,3-8,12H2,1-2H3. The van der Waals surface area contributed by atoms with Crippen molar-refractivity contribution >= 4 is 5.91 Å². The molecule has 0 radical (unpaired) electrons. The van der Waals surface area contributed by atoms with E-state index in [9.17, 15) is 4.79 Å². The normalized spacial score (nSPS) is 23.5. The molecule has 1 rings (SSSR count). The van der Waals surface area contributed by atoms with Crippen molar-refractivity contribution < 1.29 is 9.53 Å². The number of carbonyl (C=O) groups is 1. The number of nitrogens with two attached hydrogens (primary N) is 1. The first kappa shape index (κ1) is 12.5. The quantitative estimate of drug-likeness (QED) is 0.746. The minimum Gasteiger partial charge on any atom is -0.368 e. The third-order valence-electron chi connectivity index (χ3n) is 2.82. The number of amides is 1. The van der Waals surface area contributed by atoms with Crippen molar-refractivity contribution in [2.45, 2.75) is 32.3 Å². The van der Waals surface area contributed by atoms with Crippen LogP contribution in [0.2, 0.25) is 0 Å². The summed E-state index contributed by atoms with van der Waals surface area (Å²) in [5.74, 6) is 0.456. The average molecular weight is 214 g/mol. The molecule has 0 aromatic carbocycles. The molecule has 0 bridgehead atoms. The summed E-state index contributed by atoms with van der Waals surface area (Å²) < 4.78 is 5.45. The number of ether oxygens (including phenoxy) is 1. The molecule has 2 unspecified atom stereocenters. The van der Waals surface area contributed by atoms with Gasteiger partial charge in [-0.15, -0.1) is 0 Å². The lowest BCUT2D eigenvalue weighted by Crippen LogP contribution is -2.42. The predicted octanol–water partition coefficient (Wildman–Crippen LogP) is 0.609. The van der Waals surface area contributed by atoms with Crippen molar-refractivity contribution in [2.75, 3.05) is 26.7 Å².